The van der Waals surface area contributed by atoms with Gasteiger partial charge in [0.15, 0.2) is 0 Å². The van der Waals surface area contributed by atoms with Crippen molar-refractivity contribution in [2.45, 2.75) is 26.1 Å². The number of alkyl halides is 3. The van der Waals surface area contributed by atoms with Crippen LogP contribution in [0.5, 0.6) is 5.75 Å². The second kappa shape index (κ2) is 4.31. The van der Waals surface area contributed by atoms with E-state index in [2.05, 4.69) is 4.74 Å². The normalized spacial score (nSPS) is 11.9. The highest BCUT2D eigenvalue weighted by Crippen LogP contribution is 2.32. The van der Waals surface area contributed by atoms with Gasteiger partial charge < -0.3 is 4.74 Å². The summed E-state index contributed by atoms with van der Waals surface area (Å²) in [4.78, 5) is 0. The van der Waals surface area contributed by atoms with E-state index in [1.54, 1.807) is 13.8 Å². The third-order valence-electron chi connectivity index (χ3n) is 1.82. The van der Waals surface area contributed by atoms with E-state index in [0.29, 0.717) is 10.6 Å². The minimum atomic E-state index is -4.67. The molecule has 5 heteroatoms. The average molecular weight is 239 g/mol. The average Bonchev–Trinajstić information content (AvgIpc) is 2.05. The summed E-state index contributed by atoms with van der Waals surface area (Å²) < 4.78 is 40.0. The fourth-order valence-electron chi connectivity index (χ4n) is 1.19. The molecule has 0 saturated heterocycles. The second-order valence-electron chi connectivity index (χ2n) is 3.38. The zero-order valence-electron chi connectivity index (χ0n) is 8.23. The van der Waals surface area contributed by atoms with Crippen LogP contribution in [0.25, 0.3) is 0 Å². The lowest BCUT2D eigenvalue weighted by Gasteiger charge is -2.15. The molecule has 0 radical (unpaired) electrons. The van der Waals surface area contributed by atoms with Gasteiger partial charge in [0.2, 0.25) is 0 Å². The number of hydrogen-bond donors (Lipinski definition) is 0. The van der Waals surface area contributed by atoms with Crippen molar-refractivity contribution in [2.24, 2.45) is 0 Å². The molecule has 0 N–H and O–H groups in total. The molecule has 1 aromatic rings. The van der Waals surface area contributed by atoms with E-state index >= 15 is 0 Å². The molecule has 0 aliphatic carbocycles. The molecule has 0 heterocycles. The van der Waals surface area contributed by atoms with Gasteiger partial charge in [0.1, 0.15) is 5.75 Å². The van der Waals surface area contributed by atoms with Crippen molar-refractivity contribution < 1.29 is 17.9 Å². The first-order valence-electron chi connectivity index (χ1n) is 4.35. The lowest BCUT2D eigenvalue weighted by atomic mass is 10.0. The molecular weight excluding hydrogens is 229 g/mol. The summed E-state index contributed by atoms with van der Waals surface area (Å²) in [7, 11) is 0. The number of ether oxygens (including phenoxy) is 1. The number of hydrogen-bond acceptors (Lipinski definition) is 1. The van der Waals surface area contributed by atoms with Crippen molar-refractivity contribution in [3.8, 4) is 5.75 Å². The Labute approximate surface area is 90.8 Å². The zero-order chi connectivity index (χ0) is 11.6. The number of halogens is 4. The highest BCUT2D eigenvalue weighted by Gasteiger charge is 2.32. The summed E-state index contributed by atoms with van der Waals surface area (Å²) in [6, 6.07) is 4.08. The Bertz CT molecular complexity index is 347. The van der Waals surface area contributed by atoms with Crippen molar-refractivity contribution in [2.75, 3.05) is 0 Å². The minimum Gasteiger partial charge on any atom is -0.405 e. The summed E-state index contributed by atoms with van der Waals surface area (Å²) in [5.74, 6) is -0.275. The van der Waals surface area contributed by atoms with Crippen molar-refractivity contribution in [3.05, 3.63) is 28.8 Å². The first kappa shape index (κ1) is 12.2. The predicted molar refractivity (Wildman–Crippen MR) is 52.2 cm³/mol. The van der Waals surface area contributed by atoms with E-state index in [9.17, 15) is 13.2 Å². The molecule has 0 spiro atoms. The van der Waals surface area contributed by atoms with E-state index in [0.717, 1.165) is 0 Å². The molecule has 84 valence electrons. The monoisotopic (exact) mass is 238 g/mol. The minimum absolute atomic E-state index is 0.0824. The molecule has 15 heavy (non-hydrogen) atoms. The number of rotatable bonds is 2. The molecule has 0 unspecified atom stereocenters. The first-order valence-corrected chi connectivity index (χ1v) is 4.72. The van der Waals surface area contributed by atoms with E-state index in [4.69, 9.17) is 11.6 Å². The first-order chi connectivity index (χ1) is 6.79. The smallest absolute Gasteiger partial charge is 0.405 e. The Morgan fingerprint density at radius 2 is 1.87 bits per heavy atom. The van der Waals surface area contributed by atoms with E-state index in [-0.39, 0.29) is 11.7 Å². The van der Waals surface area contributed by atoms with Gasteiger partial charge in [0, 0.05) is 5.02 Å². The Morgan fingerprint density at radius 3 is 2.33 bits per heavy atom. The SMILES string of the molecule is CC(C)c1cc(Cl)ccc1OC(F)(F)F. The molecule has 0 atom stereocenters. The Hall–Kier alpha value is -0.900. The van der Waals surface area contributed by atoms with Crippen LogP contribution in [-0.2, 0) is 0 Å². The highest BCUT2D eigenvalue weighted by atomic mass is 35.5. The molecule has 1 aromatic carbocycles. The molecule has 1 nitrogen and oxygen atoms in total. The zero-order valence-corrected chi connectivity index (χ0v) is 8.99. The van der Waals surface area contributed by atoms with Gasteiger partial charge in [-0.2, -0.15) is 0 Å². The quantitative estimate of drug-likeness (QED) is 0.744. The van der Waals surface area contributed by atoms with Crippen molar-refractivity contribution in [1.29, 1.82) is 0 Å². The van der Waals surface area contributed by atoms with Crippen LogP contribution in [0.4, 0.5) is 13.2 Å². The lowest BCUT2D eigenvalue weighted by molar-refractivity contribution is -0.274. The van der Waals surface area contributed by atoms with Gasteiger partial charge in [0.25, 0.3) is 0 Å². The Morgan fingerprint density at radius 1 is 1.27 bits per heavy atom. The van der Waals surface area contributed by atoms with Gasteiger partial charge in [0.05, 0.1) is 0 Å². The van der Waals surface area contributed by atoms with Crippen LogP contribution < -0.4 is 4.74 Å². The van der Waals surface area contributed by atoms with Crippen LogP contribution in [0, 0.1) is 0 Å². The van der Waals surface area contributed by atoms with Crippen LogP contribution >= 0.6 is 11.6 Å². The molecule has 0 fully saturated rings. The molecule has 0 bridgehead atoms. The lowest BCUT2D eigenvalue weighted by Crippen LogP contribution is -2.18. The van der Waals surface area contributed by atoms with Crippen molar-refractivity contribution in [3.63, 3.8) is 0 Å². The van der Waals surface area contributed by atoms with Crippen LogP contribution in [0.3, 0.4) is 0 Å². The topological polar surface area (TPSA) is 9.23 Å². The highest BCUT2D eigenvalue weighted by molar-refractivity contribution is 6.30. The van der Waals surface area contributed by atoms with Gasteiger partial charge in [-0.3, -0.25) is 0 Å². The summed E-state index contributed by atoms with van der Waals surface area (Å²) in [6.45, 7) is 3.55. The van der Waals surface area contributed by atoms with Crippen LogP contribution in [0.2, 0.25) is 5.02 Å². The van der Waals surface area contributed by atoms with Gasteiger partial charge in [-0.25, -0.2) is 0 Å². The third-order valence-corrected chi connectivity index (χ3v) is 2.05. The summed E-state index contributed by atoms with van der Waals surface area (Å²) in [5, 5.41) is 0.397. The van der Waals surface area contributed by atoms with Gasteiger partial charge in [-0.05, 0) is 29.7 Å². The van der Waals surface area contributed by atoms with Crippen LogP contribution in [0.1, 0.15) is 25.3 Å². The molecular formula is C10H10ClF3O. The van der Waals surface area contributed by atoms with Gasteiger partial charge in [-0.1, -0.05) is 25.4 Å². The summed E-state index contributed by atoms with van der Waals surface area (Å²) in [5.41, 5.74) is 0.444. The van der Waals surface area contributed by atoms with Gasteiger partial charge >= 0.3 is 6.36 Å². The summed E-state index contributed by atoms with van der Waals surface area (Å²) in [6.07, 6.45) is -4.67. The third kappa shape index (κ3) is 3.63. The predicted octanol–water partition coefficient (Wildman–Crippen LogP) is 4.36. The maximum atomic E-state index is 12.0. The second-order valence-corrected chi connectivity index (χ2v) is 3.82. The standard InChI is InChI=1S/C10H10ClF3O/c1-6(2)8-5-7(11)3-4-9(8)15-10(12,13)14/h3-6H,1-2H3. The van der Waals surface area contributed by atoms with Crippen LogP contribution in [-0.4, -0.2) is 6.36 Å². The summed E-state index contributed by atoms with van der Waals surface area (Å²) >= 11 is 5.70. The molecule has 1 rings (SSSR count). The van der Waals surface area contributed by atoms with Crippen molar-refractivity contribution >= 4 is 11.6 Å². The maximum absolute atomic E-state index is 12.0. The van der Waals surface area contributed by atoms with Crippen LogP contribution in [0.15, 0.2) is 18.2 Å². The largest absolute Gasteiger partial charge is 0.573 e. The fraction of sp³-hybridized carbons (Fsp3) is 0.400. The van der Waals surface area contributed by atoms with E-state index in [1.807, 2.05) is 0 Å². The van der Waals surface area contributed by atoms with E-state index in [1.165, 1.54) is 18.2 Å². The Balaban J connectivity index is 3.06. The number of benzene rings is 1. The van der Waals surface area contributed by atoms with E-state index < -0.39 is 6.36 Å². The molecule has 0 aromatic heterocycles. The maximum Gasteiger partial charge on any atom is 0.573 e. The molecule has 0 aliphatic heterocycles. The molecule has 0 aliphatic rings. The molecule has 0 amide bonds. The fourth-order valence-corrected chi connectivity index (χ4v) is 1.37. The van der Waals surface area contributed by atoms with Crippen molar-refractivity contribution in [1.82, 2.24) is 0 Å². The Kier molecular flexibility index (Phi) is 3.50. The molecule has 0 saturated carbocycles. The van der Waals surface area contributed by atoms with Gasteiger partial charge in [-0.15, -0.1) is 13.2 Å².